The summed E-state index contributed by atoms with van der Waals surface area (Å²) in [6.07, 6.45) is 0. The van der Waals surface area contributed by atoms with Crippen LogP contribution in [0, 0.1) is 19.7 Å². The summed E-state index contributed by atoms with van der Waals surface area (Å²) in [7, 11) is -4.04. The van der Waals surface area contributed by atoms with Gasteiger partial charge in [-0.15, -0.1) is 0 Å². The molecular formula is C21H19FN2O3S. The van der Waals surface area contributed by atoms with Crippen LogP contribution < -0.4 is 10.0 Å². The Morgan fingerprint density at radius 2 is 1.57 bits per heavy atom. The minimum Gasteiger partial charge on any atom is -0.322 e. The lowest BCUT2D eigenvalue weighted by molar-refractivity contribution is 0.102. The van der Waals surface area contributed by atoms with Crippen LogP contribution in [0.4, 0.5) is 15.8 Å². The van der Waals surface area contributed by atoms with Gasteiger partial charge in [0.25, 0.3) is 15.9 Å². The number of carbonyl (C=O) groups excluding carboxylic acids is 1. The van der Waals surface area contributed by atoms with Gasteiger partial charge in [0.15, 0.2) is 0 Å². The Morgan fingerprint density at radius 1 is 0.893 bits per heavy atom. The quantitative estimate of drug-likeness (QED) is 0.665. The first-order chi connectivity index (χ1) is 13.3. The Labute approximate surface area is 163 Å². The number of halogens is 1. The summed E-state index contributed by atoms with van der Waals surface area (Å²) in [5.41, 5.74) is 1.96. The maximum Gasteiger partial charge on any atom is 0.262 e. The van der Waals surface area contributed by atoms with E-state index >= 15 is 0 Å². The molecule has 0 heterocycles. The third-order valence-electron chi connectivity index (χ3n) is 4.24. The number of rotatable bonds is 5. The zero-order valence-electron chi connectivity index (χ0n) is 15.4. The van der Waals surface area contributed by atoms with Crippen molar-refractivity contribution in [2.24, 2.45) is 0 Å². The van der Waals surface area contributed by atoms with Crippen LogP contribution in [0.3, 0.4) is 0 Å². The van der Waals surface area contributed by atoms with Crippen molar-refractivity contribution in [2.75, 3.05) is 10.0 Å². The summed E-state index contributed by atoms with van der Waals surface area (Å²) in [5, 5.41) is 2.71. The summed E-state index contributed by atoms with van der Waals surface area (Å²) in [6.45, 7) is 3.45. The number of para-hydroxylation sites is 1. The Morgan fingerprint density at radius 3 is 2.29 bits per heavy atom. The molecular weight excluding hydrogens is 379 g/mol. The molecule has 3 rings (SSSR count). The van der Waals surface area contributed by atoms with Crippen LogP contribution >= 0.6 is 0 Å². The Hall–Kier alpha value is -3.19. The highest BCUT2D eigenvalue weighted by Gasteiger charge is 2.20. The number of aryl methyl sites for hydroxylation is 2. The van der Waals surface area contributed by atoms with E-state index in [2.05, 4.69) is 10.0 Å². The van der Waals surface area contributed by atoms with Crippen molar-refractivity contribution in [3.05, 3.63) is 89.2 Å². The number of carbonyl (C=O) groups is 1. The number of nitrogens with one attached hydrogen (secondary N) is 2. The molecule has 5 nitrogen and oxygen atoms in total. The standard InChI is InChI=1S/C21H19FN2O3S/c1-14-7-3-4-8-17(14)21(25)23-16-12-11-15(2)20(13-16)28(26,27)24-19-10-6-5-9-18(19)22/h3-13,24H,1-2H3,(H,23,25). The molecule has 1 amide bonds. The molecule has 0 atom stereocenters. The fourth-order valence-electron chi connectivity index (χ4n) is 2.74. The van der Waals surface area contributed by atoms with Gasteiger partial charge in [-0.05, 0) is 55.3 Å². The molecule has 3 aromatic carbocycles. The van der Waals surface area contributed by atoms with Gasteiger partial charge < -0.3 is 5.32 Å². The van der Waals surface area contributed by atoms with Crippen molar-refractivity contribution >= 4 is 27.3 Å². The Kier molecular flexibility index (Phi) is 5.46. The largest absolute Gasteiger partial charge is 0.322 e. The minimum atomic E-state index is -4.04. The first-order valence-electron chi connectivity index (χ1n) is 8.53. The van der Waals surface area contributed by atoms with Crippen molar-refractivity contribution in [3.63, 3.8) is 0 Å². The van der Waals surface area contributed by atoms with Gasteiger partial charge in [-0.1, -0.05) is 36.4 Å². The van der Waals surface area contributed by atoms with Gasteiger partial charge in [0.1, 0.15) is 5.82 Å². The molecule has 0 saturated heterocycles. The molecule has 28 heavy (non-hydrogen) atoms. The summed E-state index contributed by atoms with van der Waals surface area (Å²) in [4.78, 5) is 12.4. The summed E-state index contributed by atoms with van der Waals surface area (Å²) < 4.78 is 41.6. The van der Waals surface area contributed by atoms with Gasteiger partial charge >= 0.3 is 0 Å². The Bertz CT molecular complexity index is 1140. The highest BCUT2D eigenvalue weighted by atomic mass is 32.2. The molecule has 0 radical (unpaired) electrons. The number of anilines is 2. The highest BCUT2D eigenvalue weighted by molar-refractivity contribution is 7.92. The predicted molar refractivity (Wildman–Crippen MR) is 108 cm³/mol. The molecule has 0 bridgehead atoms. The van der Waals surface area contributed by atoms with E-state index in [9.17, 15) is 17.6 Å². The lowest BCUT2D eigenvalue weighted by Gasteiger charge is -2.13. The predicted octanol–water partition coefficient (Wildman–Crippen LogP) is 4.50. The Balaban J connectivity index is 1.90. The molecule has 7 heteroatoms. The molecule has 0 spiro atoms. The first kappa shape index (κ1) is 19.6. The van der Waals surface area contributed by atoms with Crippen molar-refractivity contribution in [1.82, 2.24) is 0 Å². The van der Waals surface area contributed by atoms with E-state index in [0.29, 0.717) is 16.8 Å². The average molecular weight is 398 g/mol. The first-order valence-corrected chi connectivity index (χ1v) is 10.0. The van der Waals surface area contributed by atoms with Gasteiger partial charge in [-0.25, -0.2) is 12.8 Å². The van der Waals surface area contributed by atoms with Gasteiger partial charge in [0.2, 0.25) is 0 Å². The topological polar surface area (TPSA) is 75.3 Å². The zero-order chi connectivity index (χ0) is 20.3. The SMILES string of the molecule is Cc1ccccc1C(=O)Nc1ccc(C)c(S(=O)(=O)Nc2ccccc2F)c1. The lowest BCUT2D eigenvalue weighted by Crippen LogP contribution is -2.17. The van der Waals surface area contributed by atoms with E-state index in [4.69, 9.17) is 0 Å². The highest BCUT2D eigenvalue weighted by Crippen LogP contribution is 2.24. The lowest BCUT2D eigenvalue weighted by atomic mass is 10.1. The smallest absolute Gasteiger partial charge is 0.262 e. The molecule has 2 N–H and O–H groups in total. The summed E-state index contributed by atoms with van der Waals surface area (Å²) >= 11 is 0. The number of benzene rings is 3. The van der Waals surface area contributed by atoms with E-state index in [0.717, 1.165) is 5.56 Å². The molecule has 0 saturated carbocycles. The average Bonchev–Trinajstić information content (AvgIpc) is 2.65. The third kappa shape index (κ3) is 4.20. The molecule has 3 aromatic rings. The molecule has 144 valence electrons. The molecule has 0 aliphatic carbocycles. The van der Waals surface area contributed by atoms with Crippen molar-refractivity contribution < 1.29 is 17.6 Å². The second kappa shape index (κ2) is 7.82. The van der Waals surface area contributed by atoms with Crippen molar-refractivity contribution in [3.8, 4) is 0 Å². The van der Waals surface area contributed by atoms with Gasteiger partial charge in [-0.2, -0.15) is 0 Å². The van der Waals surface area contributed by atoms with Crippen LogP contribution in [0.1, 0.15) is 21.5 Å². The maximum absolute atomic E-state index is 13.8. The minimum absolute atomic E-state index is 0.0432. The van der Waals surface area contributed by atoms with Crippen LogP contribution in [-0.4, -0.2) is 14.3 Å². The molecule has 0 fully saturated rings. The molecule has 0 aliphatic rings. The monoisotopic (exact) mass is 398 g/mol. The number of amides is 1. The molecule has 0 unspecified atom stereocenters. The van der Waals surface area contributed by atoms with E-state index in [1.165, 1.54) is 30.3 Å². The van der Waals surface area contributed by atoms with E-state index in [1.807, 2.05) is 19.1 Å². The fourth-order valence-corrected chi connectivity index (χ4v) is 4.08. The normalized spacial score (nSPS) is 11.1. The van der Waals surface area contributed by atoms with Crippen LogP contribution in [0.25, 0.3) is 0 Å². The second-order valence-corrected chi connectivity index (χ2v) is 7.99. The van der Waals surface area contributed by atoms with Crippen LogP contribution in [0.15, 0.2) is 71.6 Å². The second-order valence-electron chi connectivity index (χ2n) is 6.33. The van der Waals surface area contributed by atoms with Crippen LogP contribution in [0.5, 0.6) is 0 Å². The number of hydrogen-bond donors (Lipinski definition) is 2. The van der Waals surface area contributed by atoms with Crippen LogP contribution in [-0.2, 0) is 10.0 Å². The maximum atomic E-state index is 13.8. The molecule has 0 aliphatic heterocycles. The summed E-state index contributed by atoms with van der Waals surface area (Å²) in [5.74, 6) is -1.01. The molecule has 0 aromatic heterocycles. The zero-order valence-corrected chi connectivity index (χ0v) is 16.2. The van der Waals surface area contributed by atoms with Gasteiger partial charge in [-0.3, -0.25) is 9.52 Å². The van der Waals surface area contributed by atoms with E-state index in [-0.39, 0.29) is 16.5 Å². The van der Waals surface area contributed by atoms with Gasteiger partial charge in [0.05, 0.1) is 10.6 Å². The van der Waals surface area contributed by atoms with Gasteiger partial charge in [0, 0.05) is 11.3 Å². The third-order valence-corrected chi connectivity index (χ3v) is 5.75. The van der Waals surface area contributed by atoms with E-state index < -0.39 is 15.8 Å². The van der Waals surface area contributed by atoms with Crippen LogP contribution in [0.2, 0.25) is 0 Å². The van der Waals surface area contributed by atoms with Crippen molar-refractivity contribution in [1.29, 1.82) is 0 Å². The fraction of sp³-hybridized carbons (Fsp3) is 0.0952. The number of hydrogen-bond acceptors (Lipinski definition) is 3. The summed E-state index contributed by atoms with van der Waals surface area (Å²) in [6, 6.07) is 17.2. The van der Waals surface area contributed by atoms with E-state index in [1.54, 1.807) is 31.2 Å². The van der Waals surface area contributed by atoms with Crippen molar-refractivity contribution in [2.45, 2.75) is 18.7 Å². The number of sulfonamides is 1.